The first kappa shape index (κ1) is 8.62. The molecule has 0 aliphatic rings. The third-order valence-corrected chi connectivity index (χ3v) is 1.57. The Labute approximate surface area is 72.2 Å². The predicted octanol–water partition coefficient (Wildman–Crippen LogP) is 1.13. The lowest BCUT2D eigenvalue weighted by Crippen LogP contribution is -2.31. The Morgan fingerprint density at radius 2 is 2.08 bits per heavy atom. The molecule has 64 valence electrons. The molecule has 3 heteroatoms. The van der Waals surface area contributed by atoms with Gasteiger partial charge in [-0.1, -0.05) is 18.2 Å². The van der Waals surface area contributed by atoms with E-state index in [9.17, 15) is 0 Å². The van der Waals surface area contributed by atoms with Crippen LogP contribution in [0.1, 0.15) is 0 Å². The van der Waals surface area contributed by atoms with Gasteiger partial charge >= 0.3 is 0 Å². The molecule has 0 heterocycles. The fourth-order valence-electron chi connectivity index (χ4n) is 0.987. The molecule has 1 rings (SSSR count). The monoisotopic (exact) mass is 163 g/mol. The molecule has 1 aromatic carbocycles. The highest BCUT2D eigenvalue weighted by atomic mass is 15.4. The Bertz CT molecular complexity index is 270. The Balaban J connectivity index is 2.86. The summed E-state index contributed by atoms with van der Waals surface area (Å²) in [7, 11) is 0. The zero-order valence-corrected chi connectivity index (χ0v) is 6.90. The molecule has 12 heavy (non-hydrogen) atoms. The zero-order valence-electron chi connectivity index (χ0n) is 6.90. The number of hydrogen-bond donors (Lipinski definition) is 2. The van der Waals surface area contributed by atoms with Crippen LogP contribution < -0.4 is 16.6 Å². The van der Waals surface area contributed by atoms with Gasteiger partial charge in [-0.15, -0.1) is 6.58 Å². The number of para-hydroxylation sites is 2. The number of hydrazine groups is 1. The predicted molar refractivity (Wildman–Crippen MR) is 52.6 cm³/mol. The summed E-state index contributed by atoms with van der Waals surface area (Å²) in [5.74, 6) is 5.69. The molecule has 0 saturated carbocycles. The van der Waals surface area contributed by atoms with Crippen LogP contribution in [0.5, 0.6) is 0 Å². The highest BCUT2D eigenvalue weighted by Crippen LogP contribution is 2.19. The number of nitrogen functional groups attached to an aromatic ring is 1. The van der Waals surface area contributed by atoms with Crippen molar-refractivity contribution in [1.82, 2.24) is 0 Å². The summed E-state index contributed by atoms with van der Waals surface area (Å²) < 4.78 is 0. The fraction of sp³-hybridized carbons (Fsp3) is 0.111. The molecule has 0 aromatic heterocycles. The molecule has 0 unspecified atom stereocenters. The van der Waals surface area contributed by atoms with Gasteiger partial charge in [-0.25, -0.2) is 5.84 Å². The molecule has 0 amide bonds. The van der Waals surface area contributed by atoms with Gasteiger partial charge in [-0.3, -0.25) is 0 Å². The highest BCUT2D eigenvalue weighted by Gasteiger charge is 2.01. The minimum absolute atomic E-state index is 0.591. The van der Waals surface area contributed by atoms with Crippen LogP contribution in [0.4, 0.5) is 11.4 Å². The van der Waals surface area contributed by atoms with E-state index in [0.29, 0.717) is 12.2 Å². The number of benzene rings is 1. The Hall–Kier alpha value is -1.48. The molecule has 0 bridgehead atoms. The molecule has 0 saturated heterocycles. The van der Waals surface area contributed by atoms with E-state index >= 15 is 0 Å². The quantitative estimate of drug-likeness (QED) is 0.304. The number of nitrogens with zero attached hydrogens (tertiary/aromatic N) is 1. The van der Waals surface area contributed by atoms with Gasteiger partial charge < -0.3 is 10.7 Å². The molecule has 4 N–H and O–H groups in total. The van der Waals surface area contributed by atoms with Gasteiger partial charge in [-0.2, -0.15) is 0 Å². The normalized spacial score (nSPS) is 9.42. The number of hydrogen-bond acceptors (Lipinski definition) is 3. The molecule has 0 spiro atoms. The van der Waals surface area contributed by atoms with E-state index < -0.39 is 0 Å². The summed E-state index contributed by atoms with van der Waals surface area (Å²) in [5, 5.41) is 1.56. The second-order valence-corrected chi connectivity index (χ2v) is 2.50. The lowest BCUT2D eigenvalue weighted by Gasteiger charge is -2.17. The topological polar surface area (TPSA) is 55.3 Å². The van der Waals surface area contributed by atoms with E-state index in [2.05, 4.69) is 6.58 Å². The third-order valence-electron chi connectivity index (χ3n) is 1.57. The molecule has 0 atom stereocenters. The van der Waals surface area contributed by atoms with Gasteiger partial charge in [0.1, 0.15) is 0 Å². The van der Waals surface area contributed by atoms with Crippen LogP contribution in [0.3, 0.4) is 0 Å². The van der Waals surface area contributed by atoms with E-state index in [1.165, 1.54) is 0 Å². The second kappa shape index (κ2) is 3.78. The average molecular weight is 163 g/mol. The van der Waals surface area contributed by atoms with Crippen molar-refractivity contribution in [3.63, 3.8) is 0 Å². The Kier molecular flexibility index (Phi) is 2.71. The van der Waals surface area contributed by atoms with E-state index in [1.54, 1.807) is 11.1 Å². The third kappa shape index (κ3) is 1.77. The van der Waals surface area contributed by atoms with Crippen molar-refractivity contribution in [2.75, 3.05) is 17.3 Å². The van der Waals surface area contributed by atoms with Crippen molar-refractivity contribution >= 4 is 11.4 Å². The van der Waals surface area contributed by atoms with Crippen LogP contribution in [-0.4, -0.2) is 6.54 Å². The van der Waals surface area contributed by atoms with Crippen molar-refractivity contribution < 1.29 is 0 Å². The largest absolute Gasteiger partial charge is 0.397 e. The maximum atomic E-state index is 5.70. The van der Waals surface area contributed by atoms with Gasteiger partial charge in [0, 0.05) is 0 Å². The summed E-state index contributed by atoms with van der Waals surface area (Å²) in [5.41, 5.74) is 7.21. The van der Waals surface area contributed by atoms with Gasteiger partial charge in [0.15, 0.2) is 0 Å². The lowest BCUT2D eigenvalue weighted by atomic mass is 10.2. The SMILES string of the molecule is C=CCN(N)c1ccccc1N. The van der Waals surface area contributed by atoms with Crippen molar-refractivity contribution in [2.45, 2.75) is 0 Å². The maximum absolute atomic E-state index is 5.70. The minimum Gasteiger partial charge on any atom is -0.397 e. The first-order valence-electron chi connectivity index (χ1n) is 3.73. The molecular formula is C9H13N3. The standard InChI is InChI=1S/C9H13N3/c1-2-7-12(11)9-6-4-3-5-8(9)10/h2-6H,1,7,10-11H2. The summed E-state index contributed by atoms with van der Waals surface area (Å²) in [6.45, 7) is 4.18. The highest BCUT2D eigenvalue weighted by molar-refractivity contribution is 5.66. The second-order valence-electron chi connectivity index (χ2n) is 2.50. The van der Waals surface area contributed by atoms with Crippen LogP contribution in [0.25, 0.3) is 0 Å². The summed E-state index contributed by atoms with van der Waals surface area (Å²) >= 11 is 0. The van der Waals surface area contributed by atoms with Crippen LogP contribution in [-0.2, 0) is 0 Å². The van der Waals surface area contributed by atoms with Crippen molar-refractivity contribution in [3.05, 3.63) is 36.9 Å². The molecule has 1 aromatic rings. The van der Waals surface area contributed by atoms with Crippen LogP contribution >= 0.6 is 0 Å². The van der Waals surface area contributed by atoms with Gasteiger partial charge in [-0.05, 0) is 12.1 Å². The molecule has 0 aliphatic heterocycles. The Morgan fingerprint density at radius 3 is 2.67 bits per heavy atom. The number of nitrogens with two attached hydrogens (primary N) is 2. The van der Waals surface area contributed by atoms with Gasteiger partial charge in [0.05, 0.1) is 17.9 Å². The van der Waals surface area contributed by atoms with E-state index in [0.717, 1.165) is 5.69 Å². The first-order valence-corrected chi connectivity index (χ1v) is 3.73. The molecular weight excluding hydrogens is 150 g/mol. The summed E-state index contributed by atoms with van der Waals surface area (Å²) in [6.07, 6.45) is 1.73. The van der Waals surface area contributed by atoms with E-state index in [4.69, 9.17) is 11.6 Å². The van der Waals surface area contributed by atoms with Crippen LogP contribution in [0.2, 0.25) is 0 Å². The van der Waals surface area contributed by atoms with Crippen LogP contribution in [0, 0.1) is 0 Å². The van der Waals surface area contributed by atoms with Crippen molar-refractivity contribution in [1.29, 1.82) is 0 Å². The maximum Gasteiger partial charge on any atom is 0.0750 e. The van der Waals surface area contributed by atoms with E-state index in [1.807, 2.05) is 24.3 Å². The fourth-order valence-corrected chi connectivity index (χ4v) is 0.987. The van der Waals surface area contributed by atoms with Gasteiger partial charge in [0.25, 0.3) is 0 Å². The van der Waals surface area contributed by atoms with Crippen molar-refractivity contribution in [3.8, 4) is 0 Å². The Morgan fingerprint density at radius 1 is 1.42 bits per heavy atom. The number of anilines is 2. The molecule has 0 radical (unpaired) electrons. The average Bonchev–Trinajstić information content (AvgIpc) is 2.05. The number of rotatable bonds is 3. The zero-order chi connectivity index (χ0) is 8.97. The minimum atomic E-state index is 0.591. The van der Waals surface area contributed by atoms with Crippen LogP contribution in [0.15, 0.2) is 36.9 Å². The van der Waals surface area contributed by atoms with Crippen molar-refractivity contribution in [2.24, 2.45) is 5.84 Å². The summed E-state index contributed by atoms with van der Waals surface area (Å²) in [6, 6.07) is 7.46. The molecule has 3 nitrogen and oxygen atoms in total. The van der Waals surface area contributed by atoms with E-state index in [-0.39, 0.29) is 0 Å². The van der Waals surface area contributed by atoms with Gasteiger partial charge in [0.2, 0.25) is 0 Å². The summed E-state index contributed by atoms with van der Waals surface area (Å²) in [4.78, 5) is 0. The lowest BCUT2D eigenvalue weighted by molar-refractivity contribution is 0.943. The first-order chi connectivity index (χ1) is 5.75. The molecule has 0 fully saturated rings. The molecule has 0 aliphatic carbocycles. The smallest absolute Gasteiger partial charge is 0.0750 e.